The summed E-state index contributed by atoms with van der Waals surface area (Å²) in [5.41, 5.74) is 0.140. The van der Waals surface area contributed by atoms with Crippen molar-refractivity contribution in [3.63, 3.8) is 0 Å². The lowest BCUT2D eigenvalue weighted by atomic mass is 10.2. The average Bonchev–Trinajstić information content (AvgIpc) is 2.49. The fourth-order valence-electron chi connectivity index (χ4n) is 2.11. The number of morpholine rings is 1. The Balaban J connectivity index is 2.03. The van der Waals surface area contributed by atoms with Crippen molar-refractivity contribution in [2.45, 2.75) is 19.1 Å². The first-order valence-corrected chi connectivity index (χ1v) is 6.82. The zero-order valence-corrected chi connectivity index (χ0v) is 12.1. The molecule has 1 saturated heterocycles. The van der Waals surface area contributed by atoms with E-state index in [-0.39, 0.29) is 29.8 Å². The predicted octanol–water partition coefficient (Wildman–Crippen LogP) is 1.61. The molecule has 1 fully saturated rings. The first kappa shape index (κ1) is 16.4. The van der Waals surface area contributed by atoms with Crippen LogP contribution in [-0.4, -0.2) is 45.4 Å². The number of ether oxygens (including phenoxy) is 3. The number of hydrogen-bond acceptors (Lipinski definition) is 5. The summed E-state index contributed by atoms with van der Waals surface area (Å²) in [4.78, 5) is 12.0. The molecule has 1 aliphatic heterocycles. The van der Waals surface area contributed by atoms with Crippen molar-refractivity contribution in [3.8, 4) is 11.5 Å². The molecule has 2 N–H and O–H groups in total. The van der Waals surface area contributed by atoms with E-state index >= 15 is 0 Å². The van der Waals surface area contributed by atoms with E-state index in [1.165, 1.54) is 25.3 Å². The Labute approximate surface area is 126 Å². The zero-order chi connectivity index (χ0) is 15.9. The molecule has 0 aromatic heterocycles. The summed E-state index contributed by atoms with van der Waals surface area (Å²) in [7, 11) is 1.44. The van der Waals surface area contributed by atoms with Crippen molar-refractivity contribution in [1.29, 1.82) is 0 Å². The summed E-state index contributed by atoms with van der Waals surface area (Å²) in [6.45, 7) is -1.25. The number of anilines is 1. The number of alkyl halides is 2. The zero-order valence-electron chi connectivity index (χ0n) is 12.1. The Bertz CT molecular complexity index is 508. The lowest BCUT2D eigenvalue weighted by Crippen LogP contribution is -2.43. The highest BCUT2D eigenvalue weighted by molar-refractivity contribution is 5.93. The molecule has 8 heteroatoms. The van der Waals surface area contributed by atoms with Gasteiger partial charge in [0.25, 0.3) is 0 Å². The molecule has 0 bridgehead atoms. The van der Waals surface area contributed by atoms with Crippen LogP contribution in [0.3, 0.4) is 0 Å². The van der Waals surface area contributed by atoms with E-state index in [0.29, 0.717) is 25.5 Å². The summed E-state index contributed by atoms with van der Waals surface area (Å²) < 4.78 is 39.5. The van der Waals surface area contributed by atoms with Crippen LogP contribution in [0.5, 0.6) is 11.5 Å². The van der Waals surface area contributed by atoms with Gasteiger partial charge >= 0.3 is 6.61 Å². The van der Waals surface area contributed by atoms with Gasteiger partial charge < -0.3 is 24.8 Å². The molecule has 122 valence electrons. The van der Waals surface area contributed by atoms with Crippen LogP contribution >= 0.6 is 0 Å². The number of hydrogen-bond donors (Lipinski definition) is 2. The Kier molecular flexibility index (Phi) is 5.91. The van der Waals surface area contributed by atoms with E-state index < -0.39 is 6.61 Å². The van der Waals surface area contributed by atoms with Crippen molar-refractivity contribution in [2.75, 3.05) is 32.2 Å². The minimum absolute atomic E-state index is 0.0983. The molecular weight excluding hydrogens is 298 g/mol. The van der Waals surface area contributed by atoms with Gasteiger partial charge in [0.05, 0.1) is 26.0 Å². The second-order valence-electron chi connectivity index (χ2n) is 4.72. The van der Waals surface area contributed by atoms with Crippen LogP contribution in [0.25, 0.3) is 0 Å². The summed E-state index contributed by atoms with van der Waals surface area (Å²) in [5.74, 6) is -0.0107. The number of amides is 1. The van der Waals surface area contributed by atoms with E-state index in [1.807, 2.05) is 0 Å². The molecule has 1 aromatic rings. The first-order valence-electron chi connectivity index (χ1n) is 6.82. The number of carbonyl (C=O) groups excluding carboxylic acids is 1. The fourth-order valence-corrected chi connectivity index (χ4v) is 2.11. The third-order valence-corrected chi connectivity index (χ3v) is 3.11. The maximum absolute atomic E-state index is 12.4. The van der Waals surface area contributed by atoms with Crippen molar-refractivity contribution < 1.29 is 27.8 Å². The molecule has 1 amide bonds. The molecule has 0 saturated carbocycles. The van der Waals surface area contributed by atoms with Gasteiger partial charge in [-0.15, -0.1) is 0 Å². The van der Waals surface area contributed by atoms with Crippen molar-refractivity contribution >= 4 is 11.6 Å². The quantitative estimate of drug-likeness (QED) is 0.834. The third kappa shape index (κ3) is 4.81. The van der Waals surface area contributed by atoms with Crippen LogP contribution in [-0.2, 0) is 9.53 Å². The smallest absolute Gasteiger partial charge is 0.387 e. The minimum Gasteiger partial charge on any atom is -0.497 e. The van der Waals surface area contributed by atoms with Gasteiger partial charge in [-0.1, -0.05) is 0 Å². The van der Waals surface area contributed by atoms with Gasteiger partial charge in [-0.2, -0.15) is 8.78 Å². The van der Waals surface area contributed by atoms with Crippen molar-refractivity contribution in [2.24, 2.45) is 0 Å². The van der Waals surface area contributed by atoms with Crippen LogP contribution < -0.4 is 20.1 Å². The van der Waals surface area contributed by atoms with Crippen LogP contribution in [0, 0.1) is 0 Å². The SMILES string of the molecule is COc1ccc(OC(F)F)c(NC(=O)CC2COCCN2)c1. The van der Waals surface area contributed by atoms with Crippen molar-refractivity contribution in [3.05, 3.63) is 18.2 Å². The highest BCUT2D eigenvalue weighted by atomic mass is 19.3. The van der Waals surface area contributed by atoms with E-state index in [1.54, 1.807) is 0 Å². The van der Waals surface area contributed by atoms with Gasteiger partial charge in [-0.05, 0) is 12.1 Å². The lowest BCUT2D eigenvalue weighted by Gasteiger charge is -2.23. The fraction of sp³-hybridized carbons (Fsp3) is 0.500. The van der Waals surface area contributed by atoms with Crippen LogP contribution in [0.1, 0.15) is 6.42 Å². The van der Waals surface area contributed by atoms with Gasteiger partial charge in [0.15, 0.2) is 0 Å². The third-order valence-electron chi connectivity index (χ3n) is 3.11. The maximum Gasteiger partial charge on any atom is 0.387 e. The Morgan fingerprint density at radius 2 is 2.36 bits per heavy atom. The van der Waals surface area contributed by atoms with Gasteiger partial charge in [-0.3, -0.25) is 4.79 Å². The number of halogens is 2. The van der Waals surface area contributed by atoms with Crippen LogP contribution in [0.4, 0.5) is 14.5 Å². The second-order valence-corrected chi connectivity index (χ2v) is 4.72. The summed E-state index contributed by atoms with van der Waals surface area (Å²) in [6, 6.07) is 4.13. The maximum atomic E-state index is 12.4. The van der Waals surface area contributed by atoms with Crippen LogP contribution in [0.2, 0.25) is 0 Å². The normalized spacial score (nSPS) is 18.1. The van der Waals surface area contributed by atoms with E-state index in [4.69, 9.17) is 9.47 Å². The van der Waals surface area contributed by atoms with E-state index in [9.17, 15) is 13.6 Å². The van der Waals surface area contributed by atoms with Gasteiger partial charge in [0.1, 0.15) is 11.5 Å². The molecule has 1 aliphatic rings. The van der Waals surface area contributed by atoms with Crippen molar-refractivity contribution in [1.82, 2.24) is 5.32 Å². The number of benzene rings is 1. The Morgan fingerprint density at radius 3 is 3.00 bits per heavy atom. The molecule has 0 aliphatic carbocycles. The highest BCUT2D eigenvalue weighted by Crippen LogP contribution is 2.30. The van der Waals surface area contributed by atoms with Gasteiger partial charge in [0.2, 0.25) is 5.91 Å². The largest absolute Gasteiger partial charge is 0.497 e. The van der Waals surface area contributed by atoms with E-state index in [0.717, 1.165) is 0 Å². The molecule has 1 unspecified atom stereocenters. The monoisotopic (exact) mass is 316 g/mol. The average molecular weight is 316 g/mol. The Hall–Kier alpha value is -1.93. The number of rotatable bonds is 6. The second kappa shape index (κ2) is 7.90. The predicted molar refractivity (Wildman–Crippen MR) is 75.5 cm³/mol. The summed E-state index contributed by atoms with van der Waals surface area (Å²) >= 11 is 0. The molecular formula is C14H18F2N2O4. The van der Waals surface area contributed by atoms with Gasteiger partial charge in [0, 0.05) is 25.1 Å². The molecule has 2 rings (SSSR count). The minimum atomic E-state index is -2.97. The highest BCUT2D eigenvalue weighted by Gasteiger charge is 2.19. The lowest BCUT2D eigenvalue weighted by molar-refractivity contribution is -0.117. The molecule has 0 radical (unpaired) electrons. The number of nitrogens with one attached hydrogen (secondary N) is 2. The molecule has 1 aromatic carbocycles. The topological polar surface area (TPSA) is 68.8 Å². The molecule has 0 spiro atoms. The van der Waals surface area contributed by atoms with E-state index in [2.05, 4.69) is 15.4 Å². The van der Waals surface area contributed by atoms with Crippen LogP contribution in [0.15, 0.2) is 18.2 Å². The molecule has 6 nitrogen and oxygen atoms in total. The number of methoxy groups -OCH3 is 1. The summed E-state index contributed by atoms with van der Waals surface area (Å²) in [5, 5.41) is 5.71. The number of carbonyl (C=O) groups is 1. The summed E-state index contributed by atoms with van der Waals surface area (Å²) in [6.07, 6.45) is 0.172. The standard InChI is InChI=1S/C14H18F2N2O4/c1-20-10-2-3-12(22-14(15)16)11(7-10)18-13(19)6-9-8-21-5-4-17-9/h2-3,7,9,14,17H,4-6,8H2,1H3,(H,18,19). The molecule has 1 atom stereocenters. The van der Waals surface area contributed by atoms with Gasteiger partial charge in [-0.25, -0.2) is 0 Å². The Morgan fingerprint density at radius 1 is 1.55 bits per heavy atom. The first-order chi connectivity index (χ1) is 10.6. The molecule has 1 heterocycles. The molecule has 22 heavy (non-hydrogen) atoms.